The minimum Gasteiger partial charge on any atom is -0.329 e. The SMILES string of the molecule is Cc1c(/C=C(\NC=O)C(F)(F)F)nc(-c2nc3n(c2Br)CCC(C)(C)C3)n1C. The van der Waals surface area contributed by atoms with E-state index in [0.717, 1.165) is 35.9 Å². The van der Waals surface area contributed by atoms with Crippen LogP contribution in [0.15, 0.2) is 10.3 Å². The smallest absolute Gasteiger partial charge is 0.329 e. The summed E-state index contributed by atoms with van der Waals surface area (Å²) in [6.07, 6.45) is -2.04. The summed E-state index contributed by atoms with van der Waals surface area (Å²) in [5, 5.41) is 1.70. The number of aromatic nitrogens is 4. The van der Waals surface area contributed by atoms with Crippen LogP contribution in [0.3, 0.4) is 0 Å². The topological polar surface area (TPSA) is 64.7 Å². The summed E-state index contributed by atoms with van der Waals surface area (Å²) >= 11 is 3.58. The monoisotopic (exact) mass is 459 g/mol. The fourth-order valence-electron chi connectivity index (χ4n) is 3.27. The number of carbonyl (C=O) groups is 1. The Balaban J connectivity index is 2.08. The molecule has 0 fully saturated rings. The molecule has 0 saturated heterocycles. The molecule has 152 valence electrons. The number of hydrogen-bond donors (Lipinski definition) is 1. The van der Waals surface area contributed by atoms with Gasteiger partial charge in [0.15, 0.2) is 5.82 Å². The molecule has 2 aromatic heterocycles. The quantitative estimate of drug-likeness (QED) is 0.703. The largest absolute Gasteiger partial charge is 0.431 e. The summed E-state index contributed by atoms with van der Waals surface area (Å²) in [6.45, 7) is 6.86. The van der Waals surface area contributed by atoms with Gasteiger partial charge in [-0.2, -0.15) is 13.2 Å². The third kappa shape index (κ3) is 3.74. The average Bonchev–Trinajstić information content (AvgIpc) is 3.03. The molecule has 0 unspecified atom stereocenters. The number of fused-ring (bicyclic) bond motifs is 1. The lowest BCUT2D eigenvalue weighted by atomic mass is 9.83. The Labute approximate surface area is 169 Å². The van der Waals surface area contributed by atoms with Crippen molar-refractivity contribution in [3.05, 3.63) is 27.5 Å². The van der Waals surface area contributed by atoms with Gasteiger partial charge in [-0.05, 0) is 40.8 Å². The molecule has 0 bridgehead atoms. The maximum Gasteiger partial charge on any atom is 0.431 e. The van der Waals surface area contributed by atoms with Crippen molar-refractivity contribution in [1.29, 1.82) is 0 Å². The molecule has 10 heteroatoms. The van der Waals surface area contributed by atoms with Crippen molar-refractivity contribution in [2.45, 2.75) is 46.3 Å². The molecule has 2 aromatic rings. The molecule has 6 nitrogen and oxygen atoms in total. The highest BCUT2D eigenvalue weighted by Gasteiger charge is 2.35. The summed E-state index contributed by atoms with van der Waals surface area (Å²) in [5.41, 5.74) is 0.223. The van der Waals surface area contributed by atoms with Crippen molar-refractivity contribution >= 4 is 28.4 Å². The summed E-state index contributed by atoms with van der Waals surface area (Å²) < 4.78 is 43.8. The Hall–Kier alpha value is -2.10. The lowest BCUT2D eigenvalue weighted by Gasteiger charge is -2.30. The molecule has 1 N–H and O–H groups in total. The van der Waals surface area contributed by atoms with Gasteiger partial charge in [-0.3, -0.25) is 4.79 Å². The summed E-state index contributed by atoms with van der Waals surface area (Å²) in [6, 6.07) is 0. The van der Waals surface area contributed by atoms with Crippen LogP contribution in [-0.2, 0) is 24.8 Å². The van der Waals surface area contributed by atoms with Crippen LogP contribution < -0.4 is 5.32 Å². The molecule has 3 rings (SSSR count). The highest BCUT2D eigenvalue weighted by Crippen LogP contribution is 2.37. The van der Waals surface area contributed by atoms with Crippen molar-refractivity contribution in [2.75, 3.05) is 0 Å². The zero-order valence-corrected chi connectivity index (χ0v) is 17.6. The van der Waals surface area contributed by atoms with Crippen LogP contribution in [0.1, 0.15) is 37.5 Å². The summed E-state index contributed by atoms with van der Waals surface area (Å²) in [5.74, 6) is 1.39. The molecule has 3 heterocycles. The minimum atomic E-state index is -4.69. The Morgan fingerprint density at radius 2 is 2.00 bits per heavy atom. The number of nitrogens with zero attached hydrogens (tertiary/aromatic N) is 4. The molecule has 0 radical (unpaired) electrons. The van der Waals surface area contributed by atoms with E-state index in [1.807, 2.05) is 0 Å². The van der Waals surface area contributed by atoms with Crippen molar-refractivity contribution in [1.82, 2.24) is 24.4 Å². The van der Waals surface area contributed by atoms with Crippen LogP contribution in [0.2, 0.25) is 0 Å². The molecular formula is C18H21BrF3N5O. The van der Waals surface area contributed by atoms with E-state index in [2.05, 4.69) is 39.3 Å². The third-order valence-electron chi connectivity index (χ3n) is 5.06. The maximum absolute atomic E-state index is 13.1. The number of carbonyl (C=O) groups excluding carboxylic acids is 1. The number of allylic oxidation sites excluding steroid dienone is 1. The number of rotatable bonds is 4. The Morgan fingerprint density at radius 1 is 1.32 bits per heavy atom. The standard InChI is InChI=1S/C18H21BrF3N5O/c1-10-11(7-12(23-9-28)18(20,21)22)24-16(26(10)4)14-15(19)27-6-5-17(2,3)8-13(27)25-14/h7,9H,5-6,8H2,1-4H3,(H,23,28)/b12-7-. The molecule has 28 heavy (non-hydrogen) atoms. The maximum atomic E-state index is 13.1. The Bertz CT molecular complexity index is 956. The minimum absolute atomic E-state index is 0.000286. The summed E-state index contributed by atoms with van der Waals surface area (Å²) in [4.78, 5) is 19.6. The van der Waals surface area contributed by atoms with Crippen molar-refractivity contribution in [3.63, 3.8) is 0 Å². The Kier molecular flexibility index (Phi) is 5.20. The highest BCUT2D eigenvalue weighted by atomic mass is 79.9. The first-order valence-corrected chi connectivity index (χ1v) is 9.51. The van der Waals surface area contributed by atoms with Gasteiger partial charge in [0.2, 0.25) is 6.41 Å². The van der Waals surface area contributed by atoms with Gasteiger partial charge in [-0.25, -0.2) is 9.97 Å². The Morgan fingerprint density at radius 3 is 2.61 bits per heavy atom. The van der Waals surface area contributed by atoms with Crippen molar-refractivity contribution in [3.8, 4) is 11.5 Å². The van der Waals surface area contributed by atoms with Gasteiger partial charge < -0.3 is 14.5 Å². The van der Waals surface area contributed by atoms with Crippen LogP contribution >= 0.6 is 15.9 Å². The van der Waals surface area contributed by atoms with E-state index in [-0.39, 0.29) is 17.5 Å². The lowest BCUT2D eigenvalue weighted by Crippen LogP contribution is -2.26. The normalized spacial score (nSPS) is 16.8. The molecule has 0 aliphatic carbocycles. The molecule has 0 spiro atoms. The average molecular weight is 460 g/mol. The second-order valence-corrected chi connectivity index (χ2v) is 8.44. The molecule has 1 aliphatic rings. The number of amides is 1. The van der Waals surface area contributed by atoms with E-state index >= 15 is 0 Å². The first kappa shape index (κ1) is 20.6. The summed E-state index contributed by atoms with van der Waals surface area (Å²) in [7, 11) is 1.73. The first-order chi connectivity index (χ1) is 12.9. The predicted molar refractivity (Wildman–Crippen MR) is 102 cm³/mol. The number of alkyl halides is 3. The van der Waals surface area contributed by atoms with Gasteiger partial charge in [-0.15, -0.1) is 0 Å². The second kappa shape index (κ2) is 7.06. The van der Waals surface area contributed by atoms with E-state index in [1.54, 1.807) is 23.9 Å². The lowest BCUT2D eigenvalue weighted by molar-refractivity contribution is -0.116. The predicted octanol–water partition coefficient (Wildman–Crippen LogP) is 3.98. The zero-order chi connectivity index (χ0) is 20.9. The van der Waals surface area contributed by atoms with Gasteiger partial charge in [-0.1, -0.05) is 13.8 Å². The number of imidazole rings is 2. The molecular weight excluding hydrogens is 439 g/mol. The molecule has 1 aliphatic heterocycles. The molecule has 0 atom stereocenters. The van der Waals surface area contributed by atoms with E-state index in [9.17, 15) is 18.0 Å². The highest BCUT2D eigenvalue weighted by molar-refractivity contribution is 9.10. The van der Waals surface area contributed by atoms with Crippen LogP contribution in [0, 0.1) is 12.3 Å². The fourth-order valence-corrected chi connectivity index (χ4v) is 3.91. The fraction of sp³-hybridized carbons (Fsp3) is 0.500. The van der Waals surface area contributed by atoms with E-state index in [1.165, 1.54) is 0 Å². The van der Waals surface area contributed by atoms with E-state index in [0.29, 0.717) is 17.2 Å². The number of nitrogens with one attached hydrogen (secondary N) is 1. The molecule has 1 amide bonds. The van der Waals surface area contributed by atoms with Crippen molar-refractivity contribution in [2.24, 2.45) is 12.5 Å². The van der Waals surface area contributed by atoms with Crippen LogP contribution in [0.25, 0.3) is 17.6 Å². The van der Waals surface area contributed by atoms with E-state index in [4.69, 9.17) is 4.98 Å². The van der Waals surface area contributed by atoms with E-state index < -0.39 is 11.9 Å². The van der Waals surface area contributed by atoms with Gasteiger partial charge in [0.25, 0.3) is 0 Å². The van der Waals surface area contributed by atoms with Gasteiger partial charge in [0, 0.05) is 25.7 Å². The molecule has 0 aromatic carbocycles. The molecule has 0 saturated carbocycles. The van der Waals surface area contributed by atoms with Crippen LogP contribution in [0.5, 0.6) is 0 Å². The van der Waals surface area contributed by atoms with Crippen molar-refractivity contribution < 1.29 is 18.0 Å². The zero-order valence-electron chi connectivity index (χ0n) is 16.0. The second-order valence-electron chi connectivity index (χ2n) is 7.69. The van der Waals surface area contributed by atoms with Gasteiger partial charge in [0.1, 0.15) is 21.8 Å². The van der Waals surface area contributed by atoms with Crippen LogP contribution in [0.4, 0.5) is 13.2 Å². The van der Waals surface area contributed by atoms with Gasteiger partial charge >= 0.3 is 6.18 Å². The third-order valence-corrected chi connectivity index (χ3v) is 5.87. The van der Waals surface area contributed by atoms with Gasteiger partial charge in [0.05, 0.1) is 5.69 Å². The first-order valence-electron chi connectivity index (χ1n) is 8.72. The van der Waals surface area contributed by atoms with Crippen LogP contribution in [-0.4, -0.2) is 31.7 Å². The number of halogens is 4. The number of hydrogen-bond acceptors (Lipinski definition) is 3.